The van der Waals surface area contributed by atoms with E-state index in [1.54, 1.807) is 16.8 Å². The van der Waals surface area contributed by atoms with Crippen molar-refractivity contribution in [3.63, 3.8) is 0 Å². The lowest BCUT2D eigenvalue weighted by Crippen LogP contribution is -2.45. The van der Waals surface area contributed by atoms with Gasteiger partial charge in [-0.05, 0) is 44.2 Å². The van der Waals surface area contributed by atoms with Gasteiger partial charge in [-0.2, -0.15) is 0 Å². The number of hydrogen-bond acceptors (Lipinski definition) is 7. The number of likely N-dealkylation sites (N-methyl/N-ethyl adjacent to an activating group) is 1. The van der Waals surface area contributed by atoms with Crippen LogP contribution in [-0.2, 0) is 6.54 Å². The van der Waals surface area contributed by atoms with Crippen LogP contribution in [0.1, 0.15) is 32.4 Å². The average molecular weight is 520 g/mol. The minimum Gasteiger partial charge on any atom is -0.345 e. The van der Waals surface area contributed by atoms with Gasteiger partial charge in [-0.3, -0.25) is 9.69 Å². The third-order valence-electron chi connectivity index (χ3n) is 6.94. The van der Waals surface area contributed by atoms with E-state index in [1.807, 2.05) is 32.2 Å². The Morgan fingerprint density at radius 1 is 0.974 bits per heavy atom. The Bertz CT molecular complexity index is 1500. The van der Waals surface area contributed by atoms with Crippen molar-refractivity contribution in [2.24, 2.45) is 0 Å². The highest BCUT2D eigenvalue weighted by Crippen LogP contribution is 2.28. The minimum absolute atomic E-state index is 0.0322. The molecule has 0 aliphatic carbocycles. The molecule has 1 aromatic carbocycles. The van der Waals surface area contributed by atoms with Crippen molar-refractivity contribution in [3.8, 4) is 11.3 Å². The number of aromatic nitrogens is 4. The summed E-state index contributed by atoms with van der Waals surface area (Å²) in [4.78, 5) is 30.0. The molecule has 5 rings (SSSR count). The summed E-state index contributed by atoms with van der Waals surface area (Å²) in [6.45, 7) is 12.2. The Hall–Kier alpha value is -3.76. The molecule has 0 amide bonds. The molecule has 1 aliphatic rings. The lowest BCUT2D eigenvalue weighted by Gasteiger charge is -2.33. The zero-order chi connectivity index (χ0) is 26.8. The van der Waals surface area contributed by atoms with Gasteiger partial charge in [0.05, 0.1) is 17.1 Å². The first-order valence-electron chi connectivity index (χ1n) is 12.9. The van der Waals surface area contributed by atoms with E-state index in [4.69, 9.17) is 0 Å². The summed E-state index contributed by atoms with van der Waals surface area (Å²) in [5.41, 5.74) is 1.19. The second-order valence-electron chi connectivity index (χ2n) is 9.81. The summed E-state index contributed by atoms with van der Waals surface area (Å²) in [5.74, 6) is -0.777. The lowest BCUT2D eigenvalue weighted by atomic mass is 10.1. The van der Waals surface area contributed by atoms with Gasteiger partial charge in [-0.25, -0.2) is 23.7 Å². The maximum atomic E-state index is 15.0. The van der Waals surface area contributed by atoms with Crippen LogP contribution in [-0.4, -0.2) is 62.0 Å². The molecule has 0 bridgehead atoms. The third-order valence-corrected chi connectivity index (χ3v) is 6.94. The Labute approximate surface area is 220 Å². The van der Waals surface area contributed by atoms with Gasteiger partial charge < -0.3 is 14.8 Å². The van der Waals surface area contributed by atoms with Gasteiger partial charge in [0.25, 0.3) is 0 Å². The number of rotatable bonds is 7. The Morgan fingerprint density at radius 3 is 2.42 bits per heavy atom. The first kappa shape index (κ1) is 25.9. The summed E-state index contributed by atoms with van der Waals surface area (Å²) in [6.07, 6.45) is 4.46. The number of hydrogen-bond donors (Lipinski definition) is 1. The van der Waals surface area contributed by atoms with Crippen molar-refractivity contribution in [2.75, 3.05) is 38.0 Å². The van der Waals surface area contributed by atoms with Crippen LogP contribution in [0.25, 0.3) is 22.2 Å². The summed E-state index contributed by atoms with van der Waals surface area (Å²) < 4.78 is 31.6. The quantitative estimate of drug-likeness (QED) is 0.383. The average Bonchev–Trinajstić information content (AvgIpc) is 2.91. The summed E-state index contributed by atoms with van der Waals surface area (Å²) >= 11 is 0. The van der Waals surface area contributed by atoms with Crippen molar-refractivity contribution < 1.29 is 8.78 Å². The van der Waals surface area contributed by atoms with E-state index < -0.39 is 17.1 Å². The maximum Gasteiger partial charge on any atom is 0.229 e. The van der Waals surface area contributed by atoms with Crippen molar-refractivity contribution in [1.82, 2.24) is 29.3 Å². The maximum absolute atomic E-state index is 15.0. The largest absolute Gasteiger partial charge is 0.345 e. The molecule has 8 nitrogen and oxygen atoms in total. The fourth-order valence-electron chi connectivity index (χ4n) is 4.80. The fraction of sp³-hybridized carbons (Fsp3) is 0.357. The minimum atomic E-state index is -0.724. The molecule has 3 aromatic heterocycles. The highest BCUT2D eigenvalue weighted by atomic mass is 19.1. The van der Waals surface area contributed by atoms with Crippen LogP contribution in [0.2, 0.25) is 0 Å². The van der Waals surface area contributed by atoms with Crippen molar-refractivity contribution >= 4 is 22.7 Å². The summed E-state index contributed by atoms with van der Waals surface area (Å²) in [5, 5.41) is 2.97. The van der Waals surface area contributed by atoms with Crippen LogP contribution < -0.4 is 10.7 Å². The van der Waals surface area contributed by atoms with Gasteiger partial charge in [-0.15, -0.1) is 0 Å². The van der Waals surface area contributed by atoms with Crippen molar-refractivity contribution in [3.05, 3.63) is 76.3 Å². The van der Waals surface area contributed by atoms with Gasteiger partial charge in [0.15, 0.2) is 11.2 Å². The van der Waals surface area contributed by atoms with Gasteiger partial charge in [0.1, 0.15) is 17.3 Å². The zero-order valence-electron chi connectivity index (χ0n) is 21.8. The zero-order valence-corrected chi connectivity index (χ0v) is 21.8. The second kappa shape index (κ2) is 10.9. The number of anilines is 2. The summed E-state index contributed by atoms with van der Waals surface area (Å²) in [6, 6.07) is 7.86. The molecule has 4 heterocycles. The van der Waals surface area contributed by atoms with E-state index in [-0.39, 0.29) is 28.6 Å². The van der Waals surface area contributed by atoms with Crippen LogP contribution in [0.15, 0.2) is 53.7 Å². The molecular formula is C28H31F2N7O. The number of nitrogens with zero attached hydrogens (tertiary/aromatic N) is 6. The van der Waals surface area contributed by atoms with Gasteiger partial charge in [-0.1, -0.05) is 13.0 Å². The van der Waals surface area contributed by atoms with Crippen molar-refractivity contribution in [2.45, 2.75) is 33.4 Å². The molecule has 38 heavy (non-hydrogen) atoms. The van der Waals surface area contributed by atoms with Crippen LogP contribution in [0.4, 0.5) is 20.5 Å². The molecule has 0 unspecified atom stereocenters. The van der Waals surface area contributed by atoms with Gasteiger partial charge in [0.2, 0.25) is 5.95 Å². The van der Waals surface area contributed by atoms with Crippen LogP contribution in [0.3, 0.4) is 0 Å². The third kappa shape index (κ3) is 5.41. The molecule has 0 saturated carbocycles. The van der Waals surface area contributed by atoms with E-state index in [0.717, 1.165) is 57.1 Å². The number of fused-ring (bicyclic) bond motifs is 1. The lowest BCUT2D eigenvalue weighted by molar-refractivity contribution is 0.132. The second-order valence-corrected chi connectivity index (χ2v) is 9.81. The van der Waals surface area contributed by atoms with E-state index in [2.05, 4.69) is 37.0 Å². The topological polar surface area (TPSA) is 79.2 Å². The first-order chi connectivity index (χ1) is 18.3. The SMILES string of the molecule is CCN1CCN(Cc2ccc(Nc3ncc(F)c(-c4cc(F)c5c(=O)ccn(C(C)C)c5c4)n3)nc2)CC1. The highest BCUT2D eigenvalue weighted by molar-refractivity contribution is 5.85. The highest BCUT2D eigenvalue weighted by Gasteiger charge is 2.18. The first-order valence-corrected chi connectivity index (χ1v) is 12.9. The Kier molecular flexibility index (Phi) is 7.44. The molecule has 1 N–H and O–H groups in total. The van der Waals surface area contributed by atoms with E-state index in [9.17, 15) is 9.18 Å². The number of halogens is 2. The Morgan fingerprint density at radius 2 is 1.74 bits per heavy atom. The normalized spacial score (nSPS) is 14.9. The van der Waals surface area contributed by atoms with E-state index >= 15 is 4.39 Å². The Balaban J connectivity index is 1.37. The molecule has 198 valence electrons. The number of pyridine rings is 2. The molecule has 1 fully saturated rings. The number of benzene rings is 1. The standard InChI is InChI=1S/C28H31F2N7O/c1-4-35-9-11-36(12-10-35)17-19-5-6-25(31-15-19)33-28-32-16-22(30)27(34-28)20-13-21(29)26-23(14-20)37(18(2)3)8-7-24(26)38/h5-8,13-16,18H,4,9-12,17H2,1-3H3,(H,31,32,33,34). The molecular weight excluding hydrogens is 488 g/mol. The van der Waals surface area contributed by atoms with Gasteiger partial charge in [0, 0.05) is 62.8 Å². The molecule has 4 aromatic rings. The van der Waals surface area contributed by atoms with E-state index in [1.165, 1.54) is 6.07 Å². The van der Waals surface area contributed by atoms with Crippen LogP contribution in [0, 0.1) is 11.6 Å². The molecule has 0 atom stereocenters. The predicted molar refractivity (Wildman–Crippen MR) is 144 cm³/mol. The van der Waals surface area contributed by atoms with Crippen LogP contribution >= 0.6 is 0 Å². The smallest absolute Gasteiger partial charge is 0.229 e. The summed E-state index contributed by atoms with van der Waals surface area (Å²) in [7, 11) is 0. The molecule has 1 aliphatic heterocycles. The molecule has 0 radical (unpaired) electrons. The molecule has 0 spiro atoms. The monoisotopic (exact) mass is 519 g/mol. The number of piperazine rings is 1. The van der Waals surface area contributed by atoms with Crippen LogP contribution in [0.5, 0.6) is 0 Å². The number of nitrogens with one attached hydrogen (secondary N) is 1. The predicted octanol–water partition coefficient (Wildman–Crippen LogP) is 4.59. The van der Waals surface area contributed by atoms with E-state index in [0.29, 0.717) is 11.3 Å². The molecule has 1 saturated heterocycles. The molecule has 10 heteroatoms. The van der Waals surface area contributed by atoms with Crippen molar-refractivity contribution in [1.29, 1.82) is 0 Å². The fourth-order valence-corrected chi connectivity index (χ4v) is 4.80. The van der Waals surface area contributed by atoms with Gasteiger partial charge >= 0.3 is 0 Å².